The number of fused-ring (bicyclic) bond motifs is 1. The first-order valence-electron chi connectivity index (χ1n) is 7.55. The highest BCUT2D eigenvalue weighted by molar-refractivity contribution is 5.82. The second-order valence-electron chi connectivity index (χ2n) is 6.07. The topological polar surface area (TPSA) is 61.8 Å². The summed E-state index contributed by atoms with van der Waals surface area (Å²) < 4.78 is 5.40. The Morgan fingerprint density at radius 2 is 2.21 bits per heavy atom. The maximum absolute atomic E-state index is 12.5. The van der Waals surface area contributed by atoms with E-state index in [1.165, 1.54) is 25.7 Å². The summed E-state index contributed by atoms with van der Waals surface area (Å²) in [6.45, 7) is 1.72. The molecule has 2 aliphatic heterocycles. The highest BCUT2D eigenvalue weighted by Gasteiger charge is 2.40. The fourth-order valence-corrected chi connectivity index (χ4v) is 3.76. The van der Waals surface area contributed by atoms with Gasteiger partial charge in [0.05, 0.1) is 25.4 Å². The van der Waals surface area contributed by atoms with Crippen molar-refractivity contribution in [2.24, 2.45) is 5.92 Å². The van der Waals surface area contributed by atoms with Gasteiger partial charge in [0.25, 0.3) is 0 Å². The number of morpholine rings is 1. The van der Waals surface area contributed by atoms with Crippen LogP contribution >= 0.6 is 0 Å². The minimum absolute atomic E-state index is 0.00682. The third-order valence-electron chi connectivity index (χ3n) is 4.81. The Morgan fingerprint density at radius 1 is 1.37 bits per heavy atom. The Balaban J connectivity index is 1.58. The number of aliphatic hydroxyl groups excluding tert-OH is 1. The summed E-state index contributed by atoms with van der Waals surface area (Å²) in [6, 6.07) is 0.544. The van der Waals surface area contributed by atoms with Crippen LogP contribution < -0.4 is 5.32 Å². The largest absolute Gasteiger partial charge is 0.394 e. The molecule has 1 saturated carbocycles. The molecular formula is C14H24N2O3. The predicted molar refractivity (Wildman–Crippen MR) is 70.7 cm³/mol. The van der Waals surface area contributed by atoms with Gasteiger partial charge in [-0.05, 0) is 25.2 Å². The van der Waals surface area contributed by atoms with Gasteiger partial charge in [0.2, 0.25) is 5.91 Å². The van der Waals surface area contributed by atoms with Crippen LogP contribution in [-0.2, 0) is 9.53 Å². The molecule has 0 aromatic carbocycles. The van der Waals surface area contributed by atoms with Crippen molar-refractivity contribution in [3.05, 3.63) is 0 Å². The molecule has 2 saturated heterocycles. The lowest BCUT2D eigenvalue weighted by atomic mass is 9.85. The molecule has 4 atom stereocenters. The maximum Gasteiger partial charge on any atom is 0.239 e. The fourth-order valence-electron chi connectivity index (χ4n) is 3.76. The molecule has 0 aromatic rings. The van der Waals surface area contributed by atoms with Gasteiger partial charge in [-0.2, -0.15) is 0 Å². The number of aliphatic hydroxyl groups is 1. The van der Waals surface area contributed by atoms with Crippen LogP contribution in [0.15, 0.2) is 0 Å². The van der Waals surface area contributed by atoms with Crippen molar-refractivity contribution >= 4 is 5.91 Å². The Kier molecular flexibility index (Phi) is 4.05. The highest BCUT2D eigenvalue weighted by Crippen LogP contribution is 2.33. The molecular weight excluding hydrogens is 244 g/mol. The number of carbonyl (C=O) groups excluding carboxylic acids is 1. The van der Waals surface area contributed by atoms with Gasteiger partial charge in [-0.3, -0.25) is 4.79 Å². The van der Waals surface area contributed by atoms with Gasteiger partial charge in [0, 0.05) is 19.1 Å². The smallest absolute Gasteiger partial charge is 0.239 e. The van der Waals surface area contributed by atoms with Crippen molar-refractivity contribution in [2.75, 3.05) is 26.3 Å². The Bertz CT molecular complexity index is 323. The lowest BCUT2D eigenvalue weighted by Crippen LogP contribution is -2.52. The second-order valence-corrected chi connectivity index (χ2v) is 6.07. The molecule has 3 aliphatic rings. The molecule has 0 radical (unpaired) electrons. The zero-order chi connectivity index (χ0) is 13.2. The van der Waals surface area contributed by atoms with Gasteiger partial charge >= 0.3 is 0 Å². The summed E-state index contributed by atoms with van der Waals surface area (Å²) in [5.41, 5.74) is 0. The van der Waals surface area contributed by atoms with E-state index in [9.17, 15) is 4.79 Å². The third kappa shape index (κ3) is 2.78. The van der Waals surface area contributed by atoms with Crippen LogP contribution in [0.4, 0.5) is 0 Å². The standard InChI is InChI=1S/C14H24N2O3/c17-9-11-8-16(5-6-19-11)14(18)13-7-10-3-1-2-4-12(10)15-13/h10-13,15,17H,1-9H2. The van der Waals surface area contributed by atoms with Crippen LogP contribution in [0.3, 0.4) is 0 Å². The molecule has 2 N–H and O–H groups in total. The van der Waals surface area contributed by atoms with E-state index in [2.05, 4.69) is 5.32 Å². The van der Waals surface area contributed by atoms with E-state index in [4.69, 9.17) is 9.84 Å². The zero-order valence-electron chi connectivity index (χ0n) is 11.4. The molecule has 19 heavy (non-hydrogen) atoms. The number of amides is 1. The monoisotopic (exact) mass is 268 g/mol. The molecule has 1 amide bonds. The molecule has 5 nitrogen and oxygen atoms in total. The molecule has 5 heteroatoms. The van der Waals surface area contributed by atoms with Crippen LogP contribution in [0, 0.1) is 5.92 Å². The van der Waals surface area contributed by atoms with E-state index < -0.39 is 0 Å². The molecule has 108 valence electrons. The molecule has 1 aliphatic carbocycles. The minimum atomic E-state index is -0.207. The Hall–Kier alpha value is -0.650. The summed E-state index contributed by atoms with van der Waals surface area (Å²) in [7, 11) is 0. The Morgan fingerprint density at radius 3 is 3.00 bits per heavy atom. The summed E-state index contributed by atoms with van der Waals surface area (Å²) in [6.07, 6.45) is 5.87. The lowest BCUT2D eigenvalue weighted by Gasteiger charge is -2.33. The highest BCUT2D eigenvalue weighted by atomic mass is 16.5. The first-order valence-corrected chi connectivity index (χ1v) is 7.55. The molecule has 4 unspecified atom stereocenters. The molecule has 3 fully saturated rings. The Labute approximate surface area is 114 Å². The second kappa shape index (κ2) is 5.77. The van der Waals surface area contributed by atoms with E-state index >= 15 is 0 Å². The van der Waals surface area contributed by atoms with Crippen molar-refractivity contribution < 1.29 is 14.6 Å². The maximum atomic E-state index is 12.5. The first-order chi connectivity index (χ1) is 9.28. The van der Waals surface area contributed by atoms with Crippen molar-refractivity contribution in [3.8, 4) is 0 Å². The number of hydrogen-bond acceptors (Lipinski definition) is 4. The summed E-state index contributed by atoms with van der Waals surface area (Å²) >= 11 is 0. The zero-order valence-corrected chi connectivity index (χ0v) is 11.4. The van der Waals surface area contributed by atoms with Crippen LogP contribution in [0.25, 0.3) is 0 Å². The predicted octanol–water partition coefficient (Wildman–Crippen LogP) is 0.127. The quantitative estimate of drug-likeness (QED) is 0.747. The van der Waals surface area contributed by atoms with Gasteiger partial charge in [-0.15, -0.1) is 0 Å². The van der Waals surface area contributed by atoms with Crippen LogP contribution in [-0.4, -0.2) is 60.4 Å². The minimum Gasteiger partial charge on any atom is -0.394 e. The molecule has 3 rings (SSSR count). The van der Waals surface area contributed by atoms with Gasteiger partial charge < -0.3 is 20.1 Å². The molecule has 0 spiro atoms. The number of hydrogen-bond donors (Lipinski definition) is 2. The summed E-state index contributed by atoms with van der Waals surface area (Å²) in [4.78, 5) is 14.4. The number of ether oxygens (including phenoxy) is 1. The average Bonchev–Trinajstić information content (AvgIpc) is 2.90. The van der Waals surface area contributed by atoms with Crippen molar-refractivity contribution in [1.82, 2.24) is 10.2 Å². The van der Waals surface area contributed by atoms with Crippen molar-refractivity contribution in [3.63, 3.8) is 0 Å². The number of nitrogens with one attached hydrogen (secondary N) is 1. The SMILES string of the molecule is O=C(C1CC2CCCCC2N1)N1CCOC(CO)C1. The summed E-state index contributed by atoms with van der Waals surface area (Å²) in [5.74, 6) is 0.897. The molecule has 2 heterocycles. The number of rotatable bonds is 2. The lowest BCUT2D eigenvalue weighted by molar-refractivity contribution is -0.142. The van der Waals surface area contributed by atoms with Crippen molar-refractivity contribution in [2.45, 2.75) is 50.3 Å². The normalized spacial score (nSPS) is 39.1. The molecule has 0 aromatic heterocycles. The first kappa shape index (κ1) is 13.3. The van der Waals surface area contributed by atoms with Crippen LogP contribution in [0.1, 0.15) is 32.1 Å². The van der Waals surface area contributed by atoms with E-state index in [0.717, 1.165) is 6.42 Å². The average molecular weight is 268 g/mol. The van der Waals surface area contributed by atoms with E-state index in [1.54, 1.807) is 0 Å². The third-order valence-corrected chi connectivity index (χ3v) is 4.81. The summed E-state index contributed by atoms with van der Waals surface area (Å²) in [5, 5.41) is 12.7. The number of carbonyl (C=O) groups is 1. The van der Waals surface area contributed by atoms with Gasteiger partial charge in [0.15, 0.2) is 0 Å². The van der Waals surface area contributed by atoms with Gasteiger partial charge in [-0.1, -0.05) is 12.8 Å². The van der Waals surface area contributed by atoms with E-state index in [0.29, 0.717) is 31.7 Å². The number of nitrogens with zero attached hydrogens (tertiary/aromatic N) is 1. The molecule has 0 bridgehead atoms. The van der Waals surface area contributed by atoms with Gasteiger partial charge in [-0.25, -0.2) is 0 Å². The van der Waals surface area contributed by atoms with Gasteiger partial charge in [0.1, 0.15) is 0 Å². The van der Waals surface area contributed by atoms with Crippen LogP contribution in [0.5, 0.6) is 0 Å². The van der Waals surface area contributed by atoms with Crippen LogP contribution in [0.2, 0.25) is 0 Å². The fraction of sp³-hybridized carbons (Fsp3) is 0.929. The van der Waals surface area contributed by atoms with Crippen molar-refractivity contribution in [1.29, 1.82) is 0 Å². The van der Waals surface area contributed by atoms with E-state index in [1.807, 2.05) is 4.90 Å². The van der Waals surface area contributed by atoms with E-state index in [-0.39, 0.29) is 24.7 Å².